The Kier molecular flexibility index (Phi) is 3.57. The Balaban J connectivity index is 2.07. The second kappa shape index (κ2) is 5.03. The molecule has 2 bridgehead atoms. The van der Waals surface area contributed by atoms with E-state index in [-0.39, 0.29) is 7.92 Å². The van der Waals surface area contributed by atoms with Crippen LogP contribution in [0, 0.1) is 0 Å². The fraction of sp³-hybridized carbons (Fsp3) is 0.500. The highest BCUT2D eigenvalue weighted by Gasteiger charge is 2.43. The molecule has 1 aromatic carbocycles. The third kappa shape index (κ3) is 2.17. The van der Waals surface area contributed by atoms with Crippen molar-refractivity contribution in [2.75, 3.05) is 16.9 Å². The maximum absolute atomic E-state index is 5.89. The molecule has 1 nitrogen and oxygen atoms in total. The molecule has 0 aliphatic carbocycles. The molecule has 0 spiro atoms. The van der Waals surface area contributed by atoms with Crippen LogP contribution in [0.5, 0.6) is 0 Å². The second-order valence-corrected chi connectivity index (χ2v) is 13.2. The zero-order chi connectivity index (χ0) is 12.6. The van der Waals surface area contributed by atoms with Gasteiger partial charge in [-0.05, 0) is 57.3 Å². The Morgan fingerprint density at radius 1 is 1.11 bits per heavy atom. The molecule has 1 aromatic rings. The second-order valence-electron chi connectivity index (χ2n) is 5.64. The maximum Gasteiger partial charge on any atom is 0.160 e. The number of thiocarbonyl (C=S) groups is 1. The molecule has 0 aromatic heterocycles. The van der Waals surface area contributed by atoms with Crippen molar-refractivity contribution in [3.8, 4) is 0 Å². The van der Waals surface area contributed by atoms with Crippen LogP contribution in [0.1, 0.15) is 12.8 Å². The van der Waals surface area contributed by atoms with Gasteiger partial charge in [-0.25, -0.2) is 0 Å². The van der Waals surface area contributed by atoms with Crippen molar-refractivity contribution in [2.24, 2.45) is 0 Å². The van der Waals surface area contributed by atoms with Crippen LogP contribution in [-0.2, 0) is 0 Å². The predicted octanol–water partition coefficient (Wildman–Crippen LogP) is 4.64. The van der Waals surface area contributed by atoms with Gasteiger partial charge in [-0.15, -0.1) is 0 Å². The van der Waals surface area contributed by atoms with Gasteiger partial charge in [0, 0.05) is 5.69 Å². The molecule has 0 amide bonds. The van der Waals surface area contributed by atoms with Gasteiger partial charge >= 0.3 is 0 Å². The number of para-hydroxylation sites is 1. The molecule has 0 unspecified atom stereocenters. The van der Waals surface area contributed by atoms with Crippen LogP contribution in [0.3, 0.4) is 0 Å². The van der Waals surface area contributed by atoms with Crippen LogP contribution < -0.4 is 4.57 Å². The van der Waals surface area contributed by atoms with Crippen molar-refractivity contribution < 1.29 is 0 Å². The Bertz CT molecular complexity index is 440. The minimum Gasteiger partial charge on any atom is -0.360 e. The molecule has 0 radical (unpaired) electrons. The van der Waals surface area contributed by atoms with Crippen molar-refractivity contribution in [1.29, 1.82) is 0 Å². The van der Waals surface area contributed by atoms with Crippen LogP contribution in [-0.4, -0.2) is 25.3 Å². The van der Waals surface area contributed by atoms with Gasteiger partial charge in [-0.3, -0.25) is 0 Å². The van der Waals surface area contributed by atoms with Gasteiger partial charge in [0.2, 0.25) is 0 Å². The largest absolute Gasteiger partial charge is 0.360 e. The molecule has 0 saturated carbocycles. The first-order valence-electron chi connectivity index (χ1n) is 6.85. The number of fused-ring (bicyclic) bond motifs is 3. The lowest BCUT2D eigenvalue weighted by Crippen LogP contribution is -2.51. The quantitative estimate of drug-likeness (QED) is 0.421. The normalized spacial score (nSPS) is 32.2. The summed E-state index contributed by atoms with van der Waals surface area (Å²) in [5, 5.41) is 0. The van der Waals surface area contributed by atoms with E-state index < -0.39 is 8.24 Å². The van der Waals surface area contributed by atoms with Gasteiger partial charge < -0.3 is 4.57 Å². The van der Waals surface area contributed by atoms with Crippen LogP contribution in [0.4, 0.5) is 5.69 Å². The highest BCUT2D eigenvalue weighted by Crippen LogP contribution is 2.51. The van der Waals surface area contributed by atoms with E-state index in [9.17, 15) is 0 Å². The van der Waals surface area contributed by atoms with Crippen LogP contribution in [0.25, 0.3) is 0 Å². The van der Waals surface area contributed by atoms with Crippen molar-refractivity contribution >= 4 is 38.8 Å². The first-order chi connectivity index (χ1) is 8.71. The molecule has 3 rings (SSSR count). The van der Waals surface area contributed by atoms with Gasteiger partial charge in [0.25, 0.3) is 0 Å². The highest BCUT2D eigenvalue weighted by atomic mass is 32.1. The SMILES string of the molecule is C[Si]12CCCP(CCC1)C(=S)N2c1ccccc1. The van der Waals surface area contributed by atoms with Crippen LogP contribution in [0.2, 0.25) is 18.6 Å². The van der Waals surface area contributed by atoms with Gasteiger partial charge in [0.1, 0.15) is 0 Å². The maximum atomic E-state index is 5.89. The fourth-order valence-corrected chi connectivity index (χ4v) is 12.3. The van der Waals surface area contributed by atoms with E-state index in [4.69, 9.17) is 12.2 Å². The van der Waals surface area contributed by atoms with Crippen LogP contribution in [0.15, 0.2) is 30.3 Å². The zero-order valence-corrected chi connectivity index (χ0v) is 13.6. The summed E-state index contributed by atoms with van der Waals surface area (Å²) >= 11 is 5.89. The molecule has 2 aliphatic rings. The molecular weight excluding hydrogens is 273 g/mol. The average molecular weight is 293 g/mol. The predicted molar refractivity (Wildman–Crippen MR) is 88.6 cm³/mol. The fourth-order valence-electron chi connectivity index (χ4n) is 3.32. The number of nitrogens with zero attached hydrogens (tertiary/aromatic N) is 1. The van der Waals surface area contributed by atoms with Gasteiger partial charge in [-0.2, -0.15) is 0 Å². The third-order valence-corrected chi connectivity index (χ3v) is 12.5. The van der Waals surface area contributed by atoms with E-state index >= 15 is 0 Å². The first-order valence-corrected chi connectivity index (χ1v) is 11.8. The van der Waals surface area contributed by atoms with E-state index in [0.717, 1.165) is 0 Å². The van der Waals surface area contributed by atoms with Gasteiger partial charge in [0.15, 0.2) is 8.24 Å². The van der Waals surface area contributed by atoms with Crippen molar-refractivity contribution in [2.45, 2.75) is 31.5 Å². The summed E-state index contributed by atoms with van der Waals surface area (Å²) in [6, 6.07) is 13.8. The molecule has 0 atom stereocenters. The standard InChI is InChI=1S/C14H20NPSSi/c1-18-11-5-9-16(10-6-12-18)14(17)15(18)13-7-3-2-4-8-13/h2-4,7-8H,5-6,9-12H2,1H3. The molecule has 2 saturated heterocycles. The topological polar surface area (TPSA) is 3.24 Å². The van der Waals surface area contributed by atoms with E-state index in [1.165, 1.54) is 47.7 Å². The lowest BCUT2D eigenvalue weighted by Gasteiger charge is -2.39. The van der Waals surface area contributed by atoms with Gasteiger partial charge in [-0.1, -0.05) is 37.0 Å². The number of anilines is 1. The van der Waals surface area contributed by atoms with E-state index in [2.05, 4.69) is 41.4 Å². The average Bonchev–Trinajstić information content (AvgIpc) is 2.54. The summed E-state index contributed by atoms with van der Waals surface area (Å²) in [7, 11) is -1.39. The third-order valence-electron chi connectivity index (χ3n) is 4.30. The Labute approximate surface area is 117 Å². The Morgan fingerprint density at radius 2 is 1.72 bits per heavy atom. The Hall–Kier alpha value is -0.243. The first kappa shape index (κ1) is 12.8. The molecule has 96 valence electrons. The monoisotopic (exact) mass is 293 g/mol. The van der Waals surface area contributed by atoms with Crippen molar-refractivity contribution in [1.82, 2.24) is 0 Å². The van der Waals surface area contributed by atoms with Crippen molar-refractivity contribution in [3.63, 3.8) is 0 Å². The minimum absolute atomic E-state index is 0.0206. The summed E-state index contributed by atoms with van der Waals surface area (Å²) in [6.45, 7) is 2.55. The highest BCUT2D eigenvalue weighted by molar-refractivity contribution is 7.99. The van der Waals surface area contributed by atoms with Crippen molar-refractivity contribution in [3.05, 3.63) is 30.3 Å². The van der Waals surface area contributed by atoms with E-state index in [1.54, 1.807) is 0 Å². The number of benzene rings is 1. The zero-order valence-electron chi connectivity index (χ0n) is 10.9. The number of rotatable bonds is 1. The summed E-state index contributed by atoms with van der Waals surface area (Å²) in [6.07, 6.45) is 5.61. The summed E-state index contributed by atoms with van der Waals surface area (Å²) in [5.41, 5.74) is 1.37. The molecule has 4 heteroatoms. The lowest BCUT2D eigenvalue weighted by molar-refractivity contribution is 0.960. The van der Waals surface area contributed by atoms with E-state index in [0.29, 0.717) is 0 Å². The van der Waals surface area contributed by atoms with Gasteiger partial charge in [0.05, 0.1) is 4.73 Å². The van der Waals surface area contributed by atoms with E-state index in [1.807, 2.05) is 0 Å². The smallest absolute Gasteiger partial charge is 0.160 e. The molecular formula is C14H20NPSSi. The molecule has 0 N–H and O–H groups in total. The molecule has 2 aliphatic heterocycles. The lowest BCUT2D eigenvalue weighted by atomic mass is 10.3. The summed E-state index contributed by atoms with van der Waals surface area (Å²) < 4.78 is 3.97. The minimum atomic E-state index is -1.37. The Morgan fingerprint density at radius 3 is 2.33 bits per heavy atom. The summed E-state index contributed by atoms with van der Waals surface area (Å²) in [5.74, 6) is 0. The molecule has 2 fully saturated rings. The number of hydrogen-bond donors (Lipinski definition) is 0. The van der Waals surface area contributed by atoms with Crippen LogP contribution >= 0.6 is 20.1 Å². The summed E-state index contributed by atoms with van der Waals surface area (Å²) in [4.78, 5) is 0. The molecule has 2 heterocycles. The molecule has 18 heavy (non-hydrogen) atoms. The number of hydrogen-bond acceptors (Lipinski definition) is 1.